The number of fused-ring (bicyclic) bond motifs is 1. The molecule has 0 bridgehead atoms. The summed E-state index contributed by atoms with van der Waals surface area (Å²) in [5, 5.41) is 3.22. The van der Waals surface area contributed by atoms with Gasteiger partial charge in [-0.25, -0.2) is 0 Å². The van der Waals surface area contributed by atoms with Crippen LogP contribution < -0.4 is 15.0 Å². The average molecular weight is 234 g/mol. The van der Waals surface area contributed by atoms with Crippen molar-refractivity contribution in [1.29, 1.82) is 0 Å². The number of hydrogen-bond acceptors (Lipinski definition) is 3. The number of para-hydroxylation sites is 2. The molecule has 0 aliphatic carbocycles. The van der Waals surface area contributed by atoms with Gasteiger partial charge in [0.25, 0.3) is 0 Å². The molecule has 1 heterocycles. The molecule has 0 spiro atoms. The van der Waals surface area contributed by atoms with Gasteiger partial charge in [-0.2, -0.15) is 0 Å². The smallest absolute Gasteiger partial charge is 0.142 e. The van der Waals surface area contributed by atoms with Crippen LogP contribution in [0.3, 0.4) is 0 Å². The topological polar surface area (TPSA) is 24.5 Å². The van der Waals surface area contributed by atoms with Crippen LogP contribution in [0.4, 0.5) is 5.69 Å². The Morgan fingerprint density at radius 2 is 2.24 bits per heavy atom. The highest BCUT2D eigenvalue weighted by atomic mass is 16.5. The van der Waals surface area contributed by atoms with Crippen molar-refractivity contribution < 1.29 is 4.74 Å². The zero-order chi connectivity index (χ0) is 12.1. The number of hydrogen-bond donors (Lipinski definition) is 1. The molecule has 3 heteroatoms. The van der Waals surface area contributed by atoms with E-state index < -0.39 is 0 Å². The Morgan fingerprint density at radius 3 is 3.06 bits per heavy atom. The molecule has 1 aliphatic heterocycles. The molecule has 1 atom stereocenters. The van der Waals surface area contributed by atoms with Gasteiger partial charge in [0.1, 0.15) is 5.75 Å². The molecule has 17 heavy (non-hydrogen) atoms. The first-order valence-corrected chi connectivity index (χ1v) is 6.46. The van der Waals surface area contributed by atoms with Gasteiger partial charge in [-0.1, -0.05) is 12.1 Å². The predicted molar refractivity (Wildman–Crippen MR) is 71.9 cm³/mol. The SMILES string of the molecule is CNCCC(C)N1CCCOc2ccccc21. The highest BCUT2D eigenvalue weighted by Gasteiger charge is 2.19. The highest BCUT2D eigenvalue weighted by Crippen LogP contribution is 2.32. The van der Waals surface area contributed by atoms with Crippen LogP contribution in [-0.4, -0.2) is 32.8 Å². The quantitative estimate of drug-likeness (QED) is 0.865. The number of ether oxygens (including phenoxy) is 1. The third-order valence-corrected chi connectivity index (χ3v) is 3.32. The number of nitrogens with one attached hydrogen (secondary N) is 1. The first-order valence-electron chi connectivity index (χ1n) is 6.46. The van der Waals surface area contributed by atoms with Gasteiger partial charge in [-0.05, 0) is 45.5 Å². The predicted octanol–water partition coefficient (Wildman–Crippen LogP) is 2.27. The van der Waals surface area contributed by atoms with Crippen LogP contribution in [0.25, 0.3) is 0 Å². The summed E-state index contributed by atoms with van der Waals surface area (Å²) in [4.78, 5) is 2.47. The minimum absolute atomic E-state index is 0.547. The van der Waals surface area contributed by atoms with E-state index in [0.29, 0.717) is 6.04 Å². The van der Waals surface area contributed by atoms with Crippen molar-refractivity contribution in [1.82, 2.24) is 5.32 Å². The minimum atomic E-state index is 0.547. The largest absolute Gasteiger partial charge is 0.491 e. The van der Waals surface area contributed by atoms with Gasteiger partial charge < -0.3 is 15.0 Å². The standard InChI is InChI=1S/C14H22N2O/c1-12(8-9-15-2)16-10-5-11-17-14-7-4-3-6-13(14)16/h3-4,6-7,12,15H,5,8-11H2,1-2H3. The van der Waals surface area contributed by atoms with E-state index in [-0.39, 0.29) is 0 Å². The highest BCUT2D eigenvalue weighted by molar-refractivity contribution is 5.59. The molecule has 1 N–H and O–H groups in total. The fraction of sp³-hybridized carbons (Fsp3) is 0.571. The van der Waals surface area contributed by atoms with E-state index in [1.165, 1.54) is 5.69 Å². The van der Waals surface area contributed by atoms with Crippen molar-refractivity contribution in [3.05, 3.63) is 24.3 Å². The molecule has 0 aromatic heterocycles. The van der Waals surface area contributed by atoms with Crippen LogP contribution in [0.2, 0.25) is 0 Å². The lowest BCUT2D eigenvalue weighted by Crippen LogP contribution is -2.35. The van der Waals surface area contributed by atoms with Crippen LogP contribution in [0.15, 0.2) is 24.3 Å². The van der Waals surface area contributed by atoms with Crippen molar-refractivity contribution >= 4 is 5.69 Å². The van der Waals surface area contributed by atoms with Crippen LogP contribution in [0, 0.1) is 0 Å². The summed E-state index contributed by atoms with van der Waals surface area (Å²) in [6, 6.07) is 8.91. The van der Waals surface area contributed by atoms with Crippen LogP contribution in [0.1, 0.15) is 19.8 Å². The van der Waals surface area contributed by atoms with E-state index in [1.807, 2.05) is 13.1 Å². The van der Waals surface area contributed by atoms with Gasteiger partial charge in [0.15, 0.2) is 0 Å². The second-order valence-corrected chi connectivity index (χ2v) is 4.60. The maximum Gasteiger partial charge on any atom is 0.142 e. The van der Waals surface area contributed by atoms with Crippen molar-refractivity contribution in [2.45, 2.75) is 25.8 Å². The molecule has 3 nitrogen and oxygen atoms in total. The van der Waals surface area contributed by atoms with E-state index in [9.17, 15) is 0 Å². The Morgan fingerprint density at radius 1 is 1.41 bits per heavy atom. The second kappa shape index (κ2) is 5.92. The third kappa shape index (κ3) is 2.91. The fourth-order valence-corrected chi connectivity index (χ4v) is 2.32. The molecule has 0 saturated heterocycles. The summed E-state index contributed by atoms with van der Waals surface area (Å²) in [7, 11) is 2.01. The minimum Gasteiger partial charge on any atom is -0.491 e. The molecular formula is C14H22N2O. The Balaban J connectivity index is 2.16. The fourth-order valence-electron chi connectivity index (χ4n) is 2.32. The number of anilines is 1. The lowest BCUT2D eigenvalue weighted by molar-refractivity contribution is 0.322. The molecule has 2 rings (SSSR count). The van der Waals surface area contributed by atoms with Crippen molar-refractivity contribution in [3.8, 4) is 5.75 Å². The lowest BCUT2D eigenvalue weighted by atomic mass is 10.1. The monoisotopic (exact) mass is 234 g/mol. The van der Waals surface area contributed by atoms with Crippen LogP contribution in [-0.2, 0) is 0 Å². The van der Waals surface area contributed by atoms with E-state index in [4.69, 9.17) is 4.74 Å². The van der Waals surface area contributed by atoms with E-state index >= 15 is 0 Å². The molecule has 1 aromatic carbocycles. The number of benzene rings is 1. The van der Waals surface area contributed by atoms with Gasteiger partial charge in [-0.15, -0.1) is 0 Å². The normalized spacial score (nSPS) is 16.9. The molecular weight excluding hydrogens is 212 g/mol. The van der Waals surface area contributed by atoms with E-state index in [1.54, 1.807) is 0 Å². The zero-order valence-corrected chi connectivity index (χ0v) is 10.8. The Kier molecular flexibility index (Phi) is 4.26. The summed E-state index contributed by atoms with van der Waals surface area (Å²) in [5.74, 6) is 1.03. The van der Waals surface area contributed by atoms with Gasteiger partial charge >= 0.3 is 0 Å². The molecule has 1 aromatic rings. The van der Waals surface area contributed by atoms with Crippen LogP contribution in [0.5, 0.6) is 5.75 Å². The zero-order valence-electron chi connectivity index (χ0n) is 10.8. The number of rotatable bonds is 4. The Hall–Kier alpha value is -1.22. The molecule has 0 amide bonds. The Labute approximate surface area is 104 Å². The Bertz CT molecular complexity index is 354. The molecule has 0 radical (unpaired) electrons. The molecule has 0 saturated carbocycles. The maximum absolute atomic E-state index is 5.78. The third-order valence-electron chi connectivity index (χ3n) is 3.32. The summed E-state index contributed by atoms with van der Waals surface area (Å²) < 4.78 is 5.78. The molecule has 94 valence electrons. The first kappa shape index (κ1) is 12.2. The number of nitrogens with zero attached hydrogens (tertiary/aromatic N) is 1. The van der Waals surface area contributed by atoms with Gasteiger partial charge in [0.05, 0.1) is 12.3 Å². The first-order chi connectivity index (χ1) is 8.33. The maximum atomic E-state index is 5.78. The van der Waals surface area contributed by atoms with Gasteiger partial charge in [-0.3, -0.25) is 0 Å². The summed E-state index contributed by atoms with van der Waals surface area (Å²) >= 11 is 0. The summed E-state index contributed by atoms with van der Waals surface area (Å²) in [6.07, 6.45) is 2.25. The molecule has 0 fully saturated rings. The second-order valence-electron chi connectivity index (χ2n) is 4.60. The molecule has 1 unspecified atom stereocenters. The van der Waals surface area contributed by atoms with Crippen molar-refractivity contribution in [3.63, 3.8) is 0 Å². The summed E-state index contributed by atoms with van der Waals surface area (Å²) in [5.41, 5.74) is 1.24. The van der Waals surface area contributed by atoms with E-state index in [2.05, 4.69) is 35.3 Å². The average Bonchev–Trinajstić information content (AvgIpc) is 2.58. The van der Waals surface area contributed by atoms with Gasteiger partial charge in [0.2, 0.25) is 0 Å². The van der Waals surface area contributed by atoms with Crippen molar-refractivity contribution in [2.24, 2.45) is 0 Å². The van der Waals surface area contributed by atoms with E-state index in [0.717, 1.165) is 38.3 Å². The van der Waals surface area contributed by atoms with Crippen molar-refractivity contribution in [2.75, 3.05) is 31.6 Å². The lowest BCUT2D eigenvalue weighted by Gasteiger charge is -2.30. The summed E-state index contributed by atoms with van der Waals surface area (Å²) in [6.45, 7) is 5.26. The molecule has 1 aliphatic rings. The van der Waals surface area contributed by atoms with Gasteiger partial charge in [0, 0.05) is 12.6 Å². The van der Waals surface area contributed by atoms with Crippen LogP contribution >= 0.6 is 0 Å².